The van der Waals surface area contributed by atoms with Gasteiger partial charge in [0.15, 0.2) is 0 Å². The first-order valence-electron chi connectivity index (χ1n) is 10.1. The summed E-state index contributed by atoms with van der Waals surface area (Å²) in [4.78, 5) is 27.4. The van der Waals surface area contributed by atoms with Crippen molar-refractivity contribution < 1.29 is 14.3 Å². The minimum absolute atomic E-state index is 0.0162. The topological polar surface area (TPSA) is 70.7 Å². The van der Waals surface area contributed by atoms with Crippen LogP contribution >= 0.6 is 0 Å². The summed E-state index contributed by atoms with van der Waals surface area (Å²) in [7, 11) is 1.62. The second kappa shape index (κ2) is 10.1. The highest BCUT2D eigenvalue weighted by Gasteiger charge is 2.30. The van der Waals surface area contributed by atoms with Crippen molar-refractivity contribution in [2.75, 3.05) is 25.5 Å². The molecule has 0 aromatic heterocycles. The molecule has 0 aliphatic carbocycles. The van der Waals surface area contributed by atoms with Crippen LogP contribution in [0.25, 0.3) is 0 Å². The van der Waals surface area contributed by atoms with E-state index in [2.05, 4.69) is 15.5 Å². The third kappa shape index (κ3) is 5.57. The Morgan fingerprint density at radius 3 is 2.62 bits per heavy atom. The largest absolute Gasteiger partial charge is 0.496 e. The van der Waals surface area contributed by atoms with E-state index < -0.39 is 0 Å². The molecule has 0 bridgehead atoms. The van der Waals surface area contributed by atoms with Crippen LogP contribution in [-0.4, -0.2) is 43.0 Å². The Bertz CT molecular complexity index is 825. The van der Waals surface area contributed by atoms with Crippen LogP contribution in [0.1, 0.15) is 25.3 Å². The van der Waals surface area contributed by atoms with Crippen molar-refractivity contribution in [2.24, 2.45) is 5.92 Å². The number of ether oxygens (including phenoxy) is 1. The van der Waals surface area contributed by atoms with Gasteiger partial charge in [-0.1, -0.05) is 36.4 Å². The van der Waals surface area contributed by atoms with E-state index >= 15 is 0 Å². The summed E-state index contributed by atoms with van der Waals surface area (Å²) in [6.07, 6.45) is 1.74. The molecule has 0 spiro atoms. The quantitative estimate of drug-likeness (QED) is 0.756. The van der Waals surface area contributed by atoms with Crippen LogP contribution in [-0.2, 0) is 16.1 Å². The van der Waals surface area contributed by atoms with Crippen molar-refractivity contribution in [3.05, 3.63) is 60.2 Å². The van der Waals surface area contributed by atoms with E-state index in [9.17, 15) is 9.59 Å². The molecule has 1 aliphatic rings. The van der Waals surface area contributed by atoms with E-state index in [0.29, 0.717) is 13.1 Å². The van der Waals surface area contributed by atoms with Crippen molar-refractivity contribution in [2.45, 2.75) is 32.4 Å². The number of nitrogens with zero attached hydrogens (tertiary/aromatic N) is 1. The SMILES string of the molecule is COc1ccccc1CNC(=O)[C@H](C)N1CCC[C@H](C(=O)Nc2ccccc2)C1. The van der Waals surface area contributed by atoms with Crippen LogP contribution in [0, 0.1) is 5.92 Å². The highest BCUT2D eigenvalue weighted by Crippen LogP contribution is 2.21. The first-order valence-corrected chi connectivity index (χ1v) is 10.1. The zero-order valence-corrected chi connectivity index (χ0v) is 17.1. The van der Waals surface area contributed by atoms with Crippen LogP contribution < -0.4 is 15.4 Å². The molecule has 2 aromatic carbocycles. The summed E-state index contributed by atoms with van der Waals surface area (Å²) in [6, 6.07) is 16.8. The van der Waals surface area contributed by atoms with E-state index in [-0.39, 0.29) is 23.8 Å². The lowest BCUT2D eigenvalue weighted by Gasteiger charge is -2.35. The van der Waals surface area contributed by atoms with Crippen LogP contribution in [0.15, 0.2) is 54.6 Å². The smallest absolute Gasteiger partial charge is 0.237 e. The molecule has 0 unspecified atom stereocenters. The van der Waals surface area contributed by atoms with Crippen molar-refractivity contribution in [3.63, 3.8) is 0 Å². The predicted molar refractivity (Wildman–Crippen MR) is 114 cm³/mol. The summed E-state index contributed by atoms with van der Waals surface area (Å²) in [5, 5.41) is 5.97. The minimum Gasteiger partial charge on any atom is -0.496 e. The lowest BCUT2D eigenvalue weighted by Crippen LogP contribution is -2.50. The fourth-order valence-electron chi connectivity index (χ4n) is 3.68. The third-order valence-corrected chi connectivity index (χ3v) is 5.44. The molecule has 1 saturated heterocycles. The minimum atomic E-state index is -0.294. The van der Waals surface area contributed by atoms with Gasteiger partial charge in [0.25, 0.3) is 0 Å². The first kappa shape index (κ1) is 20.9. The predicted octanol–water partition coefficient (Wildman–Crippen LogP) is 3.05. The molecule has 154 valence electrons. The summed E-state index contributed by atoms with van der Waals surface area (Å²) in [5.41, 5.74) is 1.74. The van der Waals surface area contributed by atoms with E-state index in [1.54, 1.807) is 7.11 Å². The van der Waals surface area contributed by atoms with Gasteiger partial charge in [-0.15, -0.1) is 0 Å². The second-order valence-corrected chi connectivity index (χ2v) is 7.39. The zero-order chi connectivity index (χ0) is 20.6. The molecule has 6 nitrogen and oxygen atoms in total. The number of amides is 2. The highest BCUT2D eigenvalue weighted by atomic mass is 16.5. The molecule has 3 rings (SSSR count). The van der Waals surface area contributed by atoms with Crippen LogP contribution in [0.4, 0.5) is 5.69 Å². The second-order valence-electron chi connectivity index (χ2n) is 7.39. The number of anilines is 1. The fourth-order valence-corrected chi connectivity index (χ4v) is 3.68. The average Bonchev–Trinajstić information content (AvgIpc) is 2.77. The van der Waals surface area contributed by atoms with Crippen LogP contribution in [0.3, 0.4) is 0 Å². The maximum atomic E-state index is 12.7. The van der Waals surface area contributed by atoms with E-state index in [4.69, 9.17) is 4.74 Å². The molecule has 6 heteroatoms. The van der Waals surface area contributed by atoms with E-state index in [1.165, 1.54) is 0 Å². The average molecular weight is 396 g/mol. The summed E-state index contributed by atoms with van der Waals surface area (Å²) >= 11 is 0. The van der Waals surface area contributed by atoms with Gasteiger partial charge in [-0.25, -0.2) is 0 Å². The van der Waals surface area contributed by atoms with Gasteiger partial charge in [0, 0.05) is 24.3 Å². The maximum Gasteiger partial charge on any atom is 0.237 e. The normalized spacial score (nSPS) is 17.9. The Labute approximate surface area is 172 Å². The Morgan fingerprint density at radius 1 is 1.14 bits per heavy atom. The summed E-state index contributed by atoms with van der Waals surface area (Å²) in [6.45, 7) is 3.72. The summed E-state index contributed by atoms with van der Waals surface area (Å²) in [5.74, 6) is 0.618. The fraction of sp³-hybridized carbons (Fsp3) is 0.391. The van der Waals surface area contributed by atoms with Gasteiger partial charge in [0.05, 0.1) is 19.1 Å². The number of piperidine rings is 1. The number of rotatable bonds is 7. The standard InChI is InChI=1S/C23H29N3O3/c1-17(22(27)24-15-18-9-6-7-13-21(18)29-2)26-14-8-10-19(16-26)23(28)25-20-11-4-3-5-12-20/h3-7,9,11-13,17,19H,8,10,14-16H2,1-2H3,(H,24,27)(H,25,28)/t17-,19-/m0/s1. The van der Waals surface area contributed by atoms with Gasteiger partial charge in [-0.3, -0.25) is 14.5 Å². The first-order chi connectivity index (χ1) is 14.1. The monoisotopic (exact) mass is 395 g/mol. The molecule has 0 radical (unpaired) electrons. The molecule has 2 aromatic rings. The number of para-hydroxylation sites is 2. The number of likely N-dealkylation sites (tertiary alicyclic amines) is 1. The number of carbonyl (C=O) groups excluding carboxylic acids is 2. The molecular formula is C23H29N3O3. The number of hydrogen-bond donors (Lipinski definition) is 2. The summed E-state index contributed by atoms with van der Waals surface area (Å²) < 4.78 is 5.34. The molecule has 29 heavy (non-hydrogen) atoms. The third-order valence-electron chi connectivity index (χ3n) is 5.44. The van der Waals surface area contributed by atoms with Gasteiger partial charge in [0.1, 0.15) is 5.75 Å². The Kier molecular flexibility index (Phi) is 7.25. The molecular weight excluding hydrogens is 366 g/mol. The van der Waals surface area contributed by atoms with Crippen molar-refractivity contribution in [3.8, 4) is 5.75 Å². The van der Waals surface area contributed by atoms with Crippen molar-refractivity contribution in [1.29, 1.82) is 0 Å². The van der Waals surface area contributed by atoms with Gasteiger partial charge in [-0.2, -0.15) is 0 Å². The Hall–Kier alpha value is -2.86. The van der Waals surface area contributed by atoms with E-state index in [0.717, 1.165) is 36.4 Å². The lowest BCUT2D eigenvalue weighted by molar-refractivity contribution is -0.129. The Morgan fingerprint density at radius 2 is 1.86 bits per heavy atom. The highest BCUT2D eigenvalue weighted by molar-refractivity contribution is 5.92. The molecule has 2 amide bonds. The van der Waals surface area contributed by atoms with Crippen molar-refractivity contribution in [1.82, 2.24) is 10.2 Å². The Balaban J connectivity index is 1.53. The molecule has 1 heterocycles. The molecule has 1 fully saturated rings. The van der Waals surface area contributed by atoms with Gasteiger partial charge < -0.3 is 15.4 Å². The number of methoxy groups -OCH3 is 1. The maximum absolute atomic E-state index is 12.7. The number of carbonyl (C=O) groups is 2. The molecule has 1 aliphatic heterocycles. The van der Waals surface area contributed by atoms with Crippen molar-refractivity contribution >= 4 is 17.5 Å². The number of benzene rings is 2. The van der Waals surface area contributed by atoms with Gasteiger partial charge in [0.2, 0.25) is 11.8 Å². The van der Waals surface area contributed by atoms with E-state index in [1.807, 2.05) is 61.5 Å². The molecule has 0 saturated carbocycles. The number of nitrogens with one attached hydrogen (secondary N) is 2. The van der Waals surface area contributed by atoms with Gasteiger partial charge >= 0.3 is 0 Å². The molecule has 2 atom stereocenters. The lowest BCUT2D eigenvalue weighted by atomic mass is 9.95. The van der Waals surface area contributed by atoms with Gasteiger partial charge in [-0.05, 0) is 44.5 Å². The van der Waals surface area contributed by atoms with Crippen LogP contribution in [0.2, 0.25) is 0 Å². The molecule has 2 N–H and O–H groups in total. The number of hydrogen-bond acceptors (Lipinski definition) is 4. The zero-order valence-electron chi connectivity index (χ0n) is 17.1. The van der Waals surface area contributed by atoms with Crippen LogP contribution in [0.5, 0.6) is 5.75 Å².